The van der Waals surface area contributed by atoms with Crippen LogP contribution in [0.3, 0.4) is 0 Å². The first-order valence-electron chi connectivity index (χ1n) is 6.37. The van der Waals surface area contributed by atoms with Crippen LogP contribution in [0.4, 0.5) is 0 Å². The molecule has 0 spiro atoms. The molecular formula is C13H20ClO3PS. The molecule has 0 radical (unpaired) electrons. The van der Waals surface area contributed by atoms with Crippen LogP contribution < -0.4 is 0 Å². The summed E-state index contributed by atoms with van der Waals surface area (Å²) in [5.74, 6) is 0. The molecule has 1 rings (SSSR count). The molecule has 0 unspecified atom stereocenters. The Hall–Kier alpha value is 0.0400. The van der Waals surface area contributed by atoms with Gasteiger partial charge in [0.25, 0.3) is 0 Å². The summed E-state index contributed by atoms with van der Waals surface area (Å²) in [6, 6.07) is 7.82. The normalized spacial score (nSPS) is 11.7. The fourth-order valence-corrected chi connectivity index (χ4v) is 3.72. The standard InChI is InChI=1S/C13H20ClO3PS/c1-3-15-18(19,16-4-2)17-11-5-6-12-7-9-13(14)10-8-12/h7-10H,3-6,11H2,1-2H3. The lowest BCUT2D eigenvalue weighted by molar-refractivity contribution is 0.166. The van der Waals surface area contributed by atoms with E-state index in [1.165, 1.54) is 5.56 Å². The van der Waals surface area contributed by atoms with E-state index in [0.29, 0.717) is 19.8 Å². The molecule has 0 saturated heterocycles. The van der Waals surface area contributed by atoms with Crippen molar-refractivity contribution in [2.75, 3.05) is 19.8 Å². The molecule has 0 bridgehead atoms. The number of benzene rings is 1. The second-order valence-corrected chi connectivity index (χ2v) is 7.29. The van der Waals surface area contributed by atoms with Gasteiger partial charge in [0.2, 0.25) is 0 Å². The number of hydrogen-bond donors (Lipinski definition) is 0. The van der Waals surface area contributed by atoms with Gasteiger partial charge in [-0.1, -0.05) is 23.7 Å². The maximum absolute atomic E-state index is 5.84. The van der Waals surface area contributed by atoms with E-state index in [-0.39, 0.29) is 0 Å². The van der Waals surface area contributed by atoms with Gasteiger partial charge in [0, 0.05) is 5.02 Å². The average Bonchev–Trinajstić information content (AvgIpc) is 2.37. The maximum atomic E-state index is 5.84. The minimum absolute atomic E-state index is 0.508. The van der Waals surface area contributed by atoms with Crippen LogP contribution in [0.5, 0.6) is 0 Å². The van der Waals surface area contributed by atoms with Gasteiger partial charge in [0.15, 0.2) is 0 Å². The molecule has 108 valence electrons. The highest BCUT2D eigenvalue weighted by Crippen LogP contribution is 2.49. The summed E-state index contributed by atoms with van der Waals surface area (Å²) in [7, 11) is 0. The zero-order valence-electron chi connectivity index (χ0n) is 11.3. The van der Waals surface area contributed by atoms with Crippen molar-refractivity contribution in [3.05, 3.63) is 34.9 Å². The van der Waals surface area contributed by atoms with E-state index in [1.807, 2.05) is 38.1 Å². The van der Waals surface area contributed by atoms with E-state index in [1.54, 1.807) is 0 Å². The zero-order chi connectivity index (χ0) is 14.1. The third-order valence-electron chi connectivity index (χ3n) is 2.35. The largest absolute Gasteiger partial charge is 0.327 e. The van der Waals surface area contributed by atoms with Crippen molar-refractivity contribution in [1.82, 2.24) is 0 Å². The Morgan fingerprint density at radius 1 is 1.05 bits per heavy atom. The predicted octanol–water partition coefficient (Wildman–Crippen LogP) is 4.59. The molecule has 1 aromatic rings. The summed E-state index contributed by atoms with van der Waals surface area (Å²) in [6.07, 6.45) is 1.80. The first-order chi connectivity index (χ1) is 9.09. The SMILES string of the molecule is CCOP(=S)(OCC)OCCCc1ccc(Cl)cc1. The molecule has 0 atom stereocenters. The molecule has 0 amide bonds. The van der Waals surface area contributed by atoms with E-state index in [0.717, 1.165) is 17.9 Å². The number of halogens is 1. The molecule has 0 aliphatic heterocycles. The van der Waals surface area contributed by atoms with E-state index in [9.17, 15) is 0 Å². The van der Waals surface area contributed by atoms with Crippen LogP contribution in [0.1, 0.15) is 25.8 Å². The Balaban J connectivity index is 2.32. The summed E-state index contributed by atoms with van der Waals surface area (Å²) in [6.45, 7) is 2.79. The van der Waals surface area contributed by atoms with Crippen LogP contribution in [0.25, 0.3) is 0 Å². The van der Waals surface area contributed by atoms with Gasteiger partial charge in [0.1, 0.15) is 0 Å². The lowest BCUT2D eigenvalue weighted by Gasteiger charge is -2.20. The highest BCUT2D eigenvalue weighted by molar-refractivity contribution is 8.07. The number of hydrogen-bond acceptors (Lipinski definition) is 4. The molecule has 1 aromatic carbocycles. The molecule has 0 heterocycles. The lowest BCUT2D eigenvalue weighted by Crippen LogP contribution is -2.02. The molecule has 0 aliphatic carbocycles. The van der Waals surface area contributed by atoms with Gasteiger partial charge in [-0.15, -0.1) is 0 Å². The zero-order valence-corrected chi connectivity index (χ0v) is 13.8. The molecule has 0 aromatic heterocycles. The highest BCUT2D eigenvalue weighted by Gasteiger charge is 2.18. The molecule has 0 N–H and O–H groups in total. The first-order valence-corrected chi connectivity index (χ1v) is 9.31. The van der Waals surface area contributed by atoms with Crippen molar-refractivity contribution in [2.45, 2.75) is 26.7 Å². The van der Waals surface area contributed by atoms with Gasteiger partial charge in [-0.3, -0.25) is 0 Å². The number of rotatable bonds is 9. The van der Waals surface area contributed by atoms with Gasteiger partial charge in [0.05, 0.1) is 19.8 Å². The third kappa shape index (κ3) is 6.84. The molecule has 0 aliphatic rings. The summed E-state index contributed by atoms with van der Waals surface area (Å²) in [5, 5.41) is 0.753. The predicted molar refractivity (Wildman–Crippen MR) is 83.3 cm³/mol. The number of aryl methyl sites for hydroxylation is 1. The van der Waals surface area contributed by atoms with Gasteiger partial charge in [-0.2, -0.15) is 0 Å². The van der Waals surface area contributed by atoms with Crippen molar-refractivity contribution < 1.29 is 13.6 Å². The van der Waals surface area contributed by atoms with E-state index in [2.05, 4.69) is 0 Å². The summed E-state index contributed by atoms with van der Waals surface area (Å²) >= 11 is 11.1. The minimum atomic E-state index is -2.54. The summed E-state index contributed by atoms with van der Waals surface area (Å²) in [4.78, 5) is 0. The Morgan fingerprint density at radius 2 is 1.63 bits per heavy atom. The van der Waals surface area contributed by atoms with Crippen LogP contribution in [-0.2, 0) is 31.8 Å². The van der Waals surface area contributed by atoms with Crippen molar-refractivity contribution in [1.29, 1.82) is 0 Å². The third-order valence-corrected chi connectivity index (χ3v) is 5.20. The monoisotopic (exact) mass is 322 g/mol. The van der Waals surface area contributed by atoms with Crippen LogP contribution in [0, 0.1) is 0 Å². The van der Waals surface area contributed by atoms with Crippen LogP contribution >= 0.6 is 18.3 Å². The molecule has 0 fully saturated rings. The minimum Gasteiger partial charge on any atom is -0.309 e. The second kappa shape index (κ2) is 9.06. The Bertz CT molecular complexity index is 401. The van der Waals surface area contributed by atoms with Crippen molar-refractivity contribution in [2.24, 2.45) is 0 Å². The maximum Gasteiger partial charge on any atom is 0.327 e. The smallest absolute Gasteiger partial charge is 0.309 e. The Labute approximate surface area is 125 Å². The van der Waals surface area contributed by atoms with E-state index < -0.39 is 6.72 Å². The Morgan fingerprint density at radius 3 is 2.16 bits per heavy atom. The Kier molecular flexibility index (Phi) is 8.15. The van der Waals surface area contributed by atoms with Gasteiger partial charge in [-0.05, 0) is 56.2 Å². The molecular weight excluding hydrogens is 303 g/mol. The topological polar surface area (TPSA) is 27.7 Å². The summed E-state index contributed by atoms with van der Waals surface area (Å²) < 4.78 is 16.4. The lowest BCUT2D eigenvalue weighted by atomic mass is 10.1. The quantitative estimate of drug-likeness (QED) is 0.491. The second-order valence-electron chi connectivity index (χ2n) is 3.85. The summed E-state index contributed by atoms with van der Waals surface area (Å²) in [5.41, 5.74) is 1.23. The van der Waals surface area contributed by atoms with E-state index in [4.69, 9.17) is 37.0 Å². The van der Waals surface area contributed by atoms with Gasteiger partial charge < -0.3 is 13.6 Å². The fraction of sp³-hybridized carbons (Fsp3) is 0.538. The van der Waals surface area contributed by atoms with Gasteiger partial charge in [-0.25, -0.2) is 0 Å². The average molecular weight is 323 g/mol. The first kappa shape index (κ1) is 17.1. The van der Waals surface area contributed by atoms with Crippen molar-refractivity contribution in [3.63, 3.8) is 0 Å². The van der Waals surface area contributed by atoms with Crippen LogP contribution in [0.15, 0.2) is 24.3 Å². The van der Waals surface area contributed by atoms with E-state index >= 15 is 0 Å². The highest BCUT2D eigenvalue weighted by atomic mass is 35.5. The molecule has 0 saturated carbocycles. The van der Waals surface area contributed by atoms with Crippen molar-refractivity contribution >= 4 is 30.1 Å². The fourth-order valence-electron chi connectivity index (χ4n) is 1.53. The molecule has 19 heavy (non-hydrogen) atoms. The van der Waals surface area contributed by atoms with Gasteiger partial charge >= 0.3 is 6.72 Å². The van der Waals surface area contributed by atoms with Crippen molar-refractivity contribution in [3.8, 4) is 0 Å². The molecule has 6 heteroatoms. The van der Waals surface area contributed by atoms with Crippen LogP contribution in [0.2, 0.25) is 5.02 Å². The van der Waals surface area contributed by atoms with Crippen LogP contribution in [-0.4, -0.2) is 19.8 Å². The molecule has 3 nitrogen and oxygen atoms in total.